The molecule has 0 fully saturated rings. The van der Waals surface area contributed by atoms with Crippen LogP contribution in [0.1, 0.15) is 15.9 Å². The number of carbonyl (C=O) groups is 2. The molecular weight excluding hydrogens is 166 g/mol. The molecule has 1 N–H and O–H groups in total. The topological polar surface area (TPSA) is 58.0 Å². The van der Waals surface area contributed by atoms with Crippen LogP contribution in [0, 0.1) is 5.41 Å². The van der Waals surface area contributed by atoms with Crippen LogP contribution in [0.15, 0.2) is 24.3 Å². The number of rotatable bonds is 4. The van der Waals surface area contributed by atoms with Gasteiger partial charge in [0.2, 0.25) is 0 Å². The van der Waals surface area contributed by atoms with E-state index < -0.39 is 0 Å². The summed E-state index contributed by atoms with van der Waals surface area (Å²) in [7, 11) is 0. The lowest BCUT2D eigenvalue weighted by atomic mass is 10.1. The molecule has 0 aliphatic carbocycles. The minimum Gasteiger partial charge on any atom is -0.305 e. The van der Waals surface area contributed by atoms with Gasteiger partial charge in [-0.25, -0.2) is 0 Å². The molecule has 0 spiro atoms. The van der Waals surface area contributed by atoms with Crippen molar-refractivity contribution >= 4 is 18.3 Å². The van der Waals surface area contributed by atoms with Crippen molar-refractivity contribution in [1.29, 1.82) is 5.41 Å². The maximum absolute atomic E-state index is 10.8. The second kappa shape index (κ2) is 4.30. The van der Waals surface area contributed by atoms with Crippen LogP contribution in [0.2, 0.25) is 0 Å². The Morgan fingerprint density at radius 3 is 2.38 bits per heavy atom. The van der Waals surface area contributed by atoms with Gasteiger partial charge in [-0.3, -0.25) is 9.59 Å². The average molecular weight is 175 g/mol. The maximum Gasteiger partial charge on any atom is 0.177 e. The molecule has 0 bridgehead atoms. The van der Waals surface area contributed by atoms with Crippen molar-refractivity contribution in [1.82, 2.24) is 0 Å². The van der Waals surface area contributed by atoms with Crippen molar-refractivity contribution < 1.29 is 9.59 Å². The van der Waals surface area contributed by atoms with Crippen molar-refractivity contribution in [3.05, 3.63) is 35.4 Å². The molecule has 3 heteroatoms. The smallest absolute Gasteiger partial charge is 0.177 e. The van der Waals surface area contributed by atoms with Gasteiger partial charge < -0.3 is 5.41 Å². The van der Waals surface area contributed by atoms with Crippen LogP contribution in [-0.2, 0) is 11.2 Å². The quantitative estimate of drug-likeness (QED) is 0.553. The predicted molar refractivity (Wildman–Crippen MR) is 49.3 cm³/mol. The van der Waals surface area contributed by atoms with E-state index in [-0.39, 0.29) is 12.2 Å². The van der Waals surface area contributed by atoms with Crippen LogP contribution in [0.5, 0.6) is 0 Å². The number of hydrogen-bond donors (Lipinski definition) is 1. The van der Waals surface area contributed by atoms with E-state index in [4.69, 9.17) is 5.41 Å². The van der Waals surface area contributed by atoms with Gasteiger partial charge in [-0.05, 0) is 5.56 Å². The molecule has 0 heterocycles. The summed E-state index contributed by atoms with van der Waals surface area (Å²) < 4.78 is 0. The van der Waals surface area contributed by atoms with Crippen molar-refractivity contribution in [3.8, 4) is 0 Å². The fourth-order valence-corrected chi connectivity index (χ4v) is 0.966. The summed E-state index contributed by atoms with van der Waals surface area (Å²) in [6, 6.07) is 6.73. The standard InChI is InChI=1S/C10H9NO2/c11-6-10(13)5-8-1-3-9(7-12)4-2-8/h1-4,6-7,11H,5H2. The fourth-order valence-electron chi connectivity index (χ4n) is 0.966. The Bertz CT molecular complexity index is 327. The highest BCUT2D eigenvalue weighted by atomic mass is 16.1. The normalized spacial score (nSPS) is 9.23. The highest BCUT2D eigenvalue weighted by molar-refractivity contribution is 6.26. The van der Waals surface area contributed by atoms with E-state index in [0.29, 0.717) is 5.56 Å². The van der Waals surface area contributed by atoms with Crippen molar-refractivity contribution in [3.63, 3.8) is 0 Å². The molecule has 3 nitrogen and oxygen atoms in total. The molecule has 0 aliphatic rings. The van der Waals surface area contributed by atoms with Gasteiger partial charge in [0.1, 0.15) is 6.29 Å². The molecule has 1 aromatic rings. The molecule has 0 saturated carbocycles. The third-order valence-electron chi connectivity index (χ3n) is 1.66. The molecule has 0 aliphatic heterocycles. The van der Waals surface area contributed by atoms with Crippen LogP contribution < -0.4 is 0 Å². The van der Waals surface area contributed by atoms with Gasteiger partial charge in [-0.15, -0.1) is 0 Å². The molecular formula is C10H9NO2. The number of Topliss-reactive ketones (excluding diaryl/α,β-unsaturated/α-hetero) is 1. The van der Waals surface area contributed by atoms with Crippen LogP contribution in [0.3, 0.4) is 0 Å². The van der Waals surface area contributed by atoms with Crippen molar-refractivity contribution in [2.75, 3.05) is 0 Å². The van der Waals surface area contributed by atoms with E-state index in [1.54, 1.807) is 24.3 Å². The van der Waals surface area contributed by atoms with E-state index >= 15 is 0 Å². The second-order valence-electron chi connectivity index (χ2n) is 2.65. The van der Waals surface area contributed by atoms with Crippen LogP contribution in [-0.4, -0.2) is 18.3 Å². The number of aldehydes is 1. The molecule has 0 unspecified atom stereocenters. The number of ketones is 1. The number of nitrogens with one attached hydrogen (secondary N) is 1. The van der Waals surface area contributed by atoms with Gasteiger partial charge in [0.25, 0.3) is 0 Å². The zero-order valence-electron chi connectivity index (χ0n) is 6.99. The molecule has 0 amide bonds. The first-order valence-electron chi connectivity index (χ1n) is 3.83. The van der Waals surface area contributed by atoms with Crippen LogP contribution in [0.25, 0.3) is 0 Å². The van der Waals surface area contributed by atoms with Crippen LogP contribution >= 0.6 is 0 Å². The maximum atomic E-state index is 10.8. The Morgan fingerprint density at radius 2 is 1.92 bits per heavy atom. The van der Waals surface area contributed by atoms with E-state index in [1.807, 2.05) is 0 Å². The predicted octanol–water partition coefficient (Wildman–Crippen LogP) is 1.26. The minimum atomic E-state index is -0.237. The molecule has 0 saturated heterocycles. The zero-order chi connectivity index (χ0) is 9.68. The largest absolute Gasteiger partial charge is 0.305 e. The first kappa shape index (κ1) is 9.32. The Kier molecular flexibility index (Phi) is 3.09. The molecule has 66 valence electrons. The molecule has 0 aromatic heterocycles. The van der Waals surface area contributed by atoms with E-state index in [0.717, 1.165) is 18.1 Å². The minimum absolute atomic E-state index is 0.225. The van der Waals surface area contributed by atoms with Crippen LogP contribution in [0.4, 0.5) is 0 Å². The van der Waals surface area contributed by atoms with Gasteiger partial charge >= 0.3 is 0 Å². The summed E-state index contributed by atoms with van der Waals surface area (Å²) in [4.78, 5) is 21.1. The third kappa shape index (κ3) is 2.63. The lowest BCUT2D eigenvalue weighted by molar-refractivity contribution is -0.112. The van der Waals surface area contributed by atoms with E-state index in [2.05, 4.69) is 0 Å². The lowest BCUT2D eigenvalue weighted by Crippen LogP contribution is -2.02. The fraction of sp³-hybridized carbons (Fsp3) is 0.100. The van der Waals surface area contributed by atoms with Crippen molar-refractivity contribution in [2.24, 2.45) is 0 Å². The van der Waals surface area contributed by atoms with Gasteiger partial charge in [0.05, 0.1) is 6.21 Å². The van der Waals surface area contributed by atoms with Gasteiger partial charge in [-0.1, -0.05) is 24.3 Å². The number of benzene rings is 1. The molecule has 0 radical (unpaired) electrons. The number of carbonyl (C=O) groups excluding carboxylic acids is 2. The summed E-state index contributed by atoms with van der Waals surface area (Å²) >= 11 is 0. The first-order valence-corrected chi connectivity index (χ1v) is 3.83. The Balaban J connectivity index is 2.74. The molecule has 0 atom stereocenters. The van der Waals surface area contributed by atoms with Gasteiger partial charge in [-0.2, -0.15) is 0 Å². The summed E-state index contributed by atoms with van der Waals surface area (Å²) in [5.41, 5.74) is 1.41. The summed E-state index contributed by atoms with van der Waals surface area (Å²) in [6.07, 6.45) is 1.78. The third-order valence-corrected chi connectivity index (χ3v) is 1.66. The average Bonchev–Trinajstić information content (AvgIpc) is 2.19. The Labute approximate surface area is 75.9 Å². The number of hydrogen-bond acceptors (Lipinski definition) is 3. The molecule has 13 heavy (non-hydrogen) atoms. The van der Waals surface area contributed by atoms with Gasteiger partial charge in [0, 0.05) is 12.0 Å². The van der Waals surface area contributed by atoms with E-state index in [1.165, 1.54) is 0 Å². The monoisotopic (exact) mass is 175 g/mol. The Hall–Kier alpha value is -1.77. The Morgan fingerprint density at radius 1 is 1.31 bits per heavy atom. The summed E-state index contributed by atoms with van der Waals surface area (Å²) in [5, 5.41) is 6.71. The second-order valence-corrected chi connectivity index (χ2v) is 2.65. The summed E-state index contributed by atoms with van der Waals surface area (Å²) in [5.74, 6) is -0.237. The lowest BCUT2D eigenvalue weighted by Gasteiger charge is -1.96. The molecule has 1 aromatic carbocycles. The zero-order valence-corrected chi connectivity index (χ0v) is 6.99. The molecule has 1 rings (SSSR count). The highest BCUT2D eigenvalue weighted by Crippen LogP contribution is 2.03. The van der Waals surface area contributed by atoms with Crippen molar-refractivity contribution in [2.45, 2.75) is 6.42 Å². The van der Waals surface area contributed by atoms with E-state index in [9.17, 15) is 9.59 Å². The summed E-state index contributed by atoms with van der Waals surface area (Å²) in [6.45, 7) is 0. The SMILES string of the molecule is N=CC(=O)Cc1ccc(C=O)cc1. The van der Waals surface area contributed by atoms with Gasteiger partial charge in [0.15, 0.2) is 5.78 Å². The first-order chi connectivity index (χ1) is 6.26. The highest BCUT2D eigenvalue weighted by Gasteiger charge is 1.99.